The maximum Gasteiger partial charge on any atom is 0.342 e. The van der Waals surface area contributed by atoms with E-state index >= 15 is 0 Å². The average molecular weight is 276 g/mol. The van der Waals surface area contributed by atoms with Gasteiger partial charge in [0, 0.05) is 13.2 Å². The molecule has 0 saturated carbocycles. The molecule has 1 heterocycles. The number of nitrogens with zero attached hydrogens (tertiary/aromatic N) is 3. The molecular weight excluding hydrogens is 264 g/mol. The van der Waals surface area contributed by atoms with Gasteiger partial charge in [-0.2, -0.15) is 5.10 Å². The molecule has 8 heteroatoms. The van der Waals surface area contributed by atoms with Crippen molar-refractivity contribution < 1.29 is 14.8 Å². The minimum absolute atomic E-state index is 0.117. The number of nitrogens with one attached hydrogen (secondary N) is 1. The number of aromatic carboxylic acids is 1. The van der Waals surface area contributed by atoms with Gasteiger partial charge in [0.1, 0.15) is 11.3 Å². The molecule has 1 aromatic carbocycles. The van der Waals surface area contributed by atoms with Crippen LogP contribution in [0.15, 0.2) is 24.4 Å². The molecular formula is C12H12N4O4. The summed E-state index contributed by atoms with van der Waals surface area (Å²) in [5.41, 5.74) is 0.525. The molecule has 104 valence electrons. The number of nitro benzene ring substituents is 1. The van der Waals surface area contributed by atoms with Crippen LogP contribution < -0.4 is 5.32 Å². The summed E-state index contributed by atoms with van der Waals surface area (Å²) < 4.78 is 1.56. The lowest BCUT2D eigenvalue weighted by Gasteiger charge is -2.07. The molecule has 2 rings (SSSR count). The van der Waals surface area contributed by atoms with Crippen LogP contribution >= 0.6 is 0 Å². The number of para-hydroxylation sites is 1. The number of nitro groups is 1. The molecule has 0 saturated heterocycles. The van der Waals surface area contributed by atoms with Crippen molar-refractivity contribution in [3.8, 4) is 0 Å². The van der Waals surface area contributed by atoms with Crippen LogP contribution in [0.2, 0.25) is 0 Å². The van der Waals surface area contributed by atoms with Crippen molar-refractivity contribution in [2.75, 3.05) is 5.32 Å². The summed E-state index contributed by atoms with van der Waals surface area (Å²) in [6.45, 7) is 1.75. The van der Waals surface area contributed by atoms with Crippen molar-refractivity contribution >= 4 is 23.0 Å². The Morgan fingerprint density at radius 3 is 2.65 bits per heavy atom. The first-order valence-electron chi connectivity index (χ1n) is 5.68. The zero-order valence-electron chi connectivity index (χ0n) is 10.8. The van der Waals surface area contributed by atoms with Crippen molar-refractivity contribution in [2.24, 2.45) is 7.05 Å². The van der Waals surface area contributed by atoms with Crippen LogP contribution in [0.4, 0.5) is 17.1 Å². The molecule has 0 bridgehead atoms. The van der Waals surface area contributed by atoms with E-state index in [1.165, 1.54) is 18.2 Å². The van der Waals surface area contributed by atoms with Crippen LogP contribution in [-0.2, 0) is 7.05 Å². The molecule has 1 aromatic heterocycles. The number of hydrogen-bond acceptors (Lipinski definition) is 5. The number of carboxylic acids is 1. The van der Waals surface area contributed by atoms with Gasteiger partial charge < -0.3 is 10.4 Å². The van der Waals surface area contributed by atoms with Gasteiger partial charge in [-0.05, 0) is 19.1 Å². The zero-order chi connectivity index (χ0) is 14.9. The first-order chi connectivity index (χ1) is 9.40. The third kappa shape index (κ3) is 2.44. The summed E-state index contributed by atoms with van der Waals surface area (Å²) in [5, 5.41) is 27.1. The molecule has 20 heavy (non-hydrogen) atoms. The lowest BCUT2D eigenvalue weighted by atomic mass is 10.1. The Hall–Kier alpha value is -2.90. The van der Waals surface area contributed by atoms with Gasteiger partial charge in [-0.1, -0.05) is 6.07 Å². The molecule has 0 aliphatic carbocycles. The topological polar surface area (TPSA) is 110 Å². The third-order valence-corrected chi connectivity index (χ3v) is 2.73. The summed E-state index contributed by atoms with van der Waals surface area (Å²) in [5.74, 6) is -1.34. The Labute approximate surface area is 113 Å². The van der Waals surface area contributed by atoms with E-state index in [4.69, 9.17) is 5.11 Å². The van der Waals surface area contributed by atoms with Gasteiger partial charge in [0.2, 0.25) is 0 Å². The summed E-state index contributed by atoms with van der Waals surface area (Å²) in [6, 6.07) is 4.10. The van der Waals surface area contributed by atoms with Gasteiger partial charge in [0.25, 0.3) is 0 Å². The number of rotatable bonds is 4. The highest BCUT2D eigenvalue weighted by atomic mass is 16.6. The van der Waals surface area contributed by atoms with Gasteiger partial charge in [-0.3, -0.25) is 14.8 Å². The molecule has 0 spiro atoms. The second-order valence-corrected chi connectivity index (χ2v) is 4.19. The van der Waals surface area contributed by atoms with Crippen LogP contribution in [0.3, 0.4) is 0 Å². The molecule has 0 radical (unpaired) electrons. The van der Waals surface area contributed by atoms with E-state index < -0.39 is 16.6 Å². The monoisotopic (exact) mass is 276 g/mol. The first-order valence-corrected chi connectivity index (χ1v) is 5.68. The third-order valence-electron chi connectivity index (χ3n) is 2.73. The standard InChI is InChI=1S/C12H12N4O4/c1-7-10(6-15(2)14-7)13-9-5-3-4-8(12(17)18)11(9)16(19)20/h3-6,13H,1-2H3,(H,17,18). The fourth-order valence-electron chi connectivity index (χ4n) is 1.88. The lowest BCUT2D eigenvalue weighted by Crippen LogP contribution is -2.05. The largest absolute Gasteiger partial charge is 0.477 e. The first kappa shape index (κ1) is 13.5. The minimum atomic E-state index is -1.34. The van der Waals surface area contributed by atoms with Crippen LogP contribution in [0, 0.1) is 17.0 Å². The molecule has 8 nitrogen and oxygen atoms in total. The molecule has 2 aromatic rings. The summed E-state index contributed by atoms with van der Waals surface area (Å²) in [4.78, 5) is 21.5. The Morgan fingerprint density at radius 2 is 2.15 bits per heavy atom. The number of carboxylic acid groups (broad SMARTS) is 1. The summed E-state index contributed by atoms with van der Waals surface area (Å²) >= 11 is 0. The van der Waals surface area contributed by atoms with Crippen LogP contribution in [-0.4, -0.2) is 25.8 Å². The Kier molecular flexibility index (Phi) is 3.38. The zero-order valence-corrected chi connectivity index (χ0v) is 10.8. The lowest BCUT2D eigenvalue weighted by molar-refractivity contribution is -0.384. The van der Waals surface area contributed by atoms with E-state index in [0.29, 0.717) is 11.4 Å². The number of aromatic nitrogens is 2. The predicted octanol–water partition coefficient (Wildman–Crippen LogP) is 2.08. The fraction of sp³-hybridized carbons (Fsp3) is 0.167. The van der Waals surface area contributed by atoms with Crippen molar-refractivity contribution in [1.29, 1.82) is 0 Å². The van der Waals surface area contributed by atoms with E-state index in [1.807, 2.05) is 0 Å². The molecule has 0 fully saturated rings. The fourth-order valence-corrected chi connectivity index (χ4v) is 1.88. The van der Waals surface area contributed by atoms with Crippen molar-refractivity contribution in [3.05, 3.63) is 45.8 Å². The van der Waals surface area contributed by atoms with Gasteiger partial charge in [0.15, 0.2) is 0 Å². The van der Waals surface area contributed by atoms with E-state index in [-0.39, 0.29) is 11.3 Å². The number of anilines is 2. The highest BCUT2D eigenvalue weighted by molar-refractivity contribution is 5.96. The number of aryl methyl sites for hydroxylation is 2. The highest BCUT2D eigenvalue weighted by Gasteiger charge is 2.24. The maximum absolute atomic E-state index is 11.1. The Morgan fingerprint density at radius 1 is 1.45 bits per heavy atom. The SMILES string of the molecule is Cc1nn(C)cc1Nc1cccc(C(=O)O)c1[N+](=O)[O-]. The van der Waals surface area contributed by atoms with Crippen LogP contribution in [0.5, 0.6) is 0 Å². The van der Waals surface area contributed by atoms with Gasteiger partial charge >= 0.3 is 11.7 Å². The van der Waals surface area contributed by atoms with E-state index in [9.17, 15) is 14.9 Å². The number of benzene rings is 1. The van der Waals surface area contributed by atoms with Crippen LogP contribution in [0.1, 0.15) is 16.1 Å². The van der Waals surface area contributed by atoms with E-state index in [0.717, 1.165) is 0 Å². The quantitative estimate of drug-likeness (QED) is 0.653. The maximum atomic E-state index is 11.1. The minimum Gasteiger partial charge on any atom is -0.477 e. The molecule has 2 N–H and O–H groups in total. The molecule has 0 atom stereocenters. The number of carbonyl (C=O) groups is 1. The molecule has 0 aliphatic rings. The highest BCUT2D eigenvalue weighted by Crippen LogP contribution is 2.31. The van der Waals surface area contributed by atoms with Gasteiger partial charge in [0.05, 0.1) is 16.3 Å². The second kappa shape index (κ2) is 5.00. The smallest absolute Gasteiger partial charge is 0.342 e. The van der Waals surface area contributed by atoms with Crippen molar-refractivity contribution in [3.63, 3.8) is 0 Å². The summed E-state index contributed by atoms with van der Waals surface area (Å²) in [6.07, 6.45) is 1.66. The van der Waals surface area contributed by atoms with Crippen molar-refractivity contribution in [2.45, 2.75) is 6.92 Å². The molecule has 0 unspecified atom stereocenters. The Bertz CT molecular complexity index is 693. The van der Waals surface area contributed by atoms with Gasteiger partial charge in [-0.25, -0.2) is 4.79 Å². The Balaban J connectivity index is 2.51. The molecule has 0 aliphatic heterocycles. The normalized spacial score (nSPS) is 10.3. The average Bonchev–Trinajstić information content (AvgIpc) is 2.67. The van der Waals surface area contributed by atoms with Crippen LogP contribution in [0.25, 0.3) is 0 Å². The van der Waals surface area contributed by atoms with E-state index in [1.54, 1.807) is 24.9 Å². The van der Waals surface area contributed by atoms with E-state index in [2.05, 4.69) is 10.4 Å². The number of hydrogen-bond donors (Lipinski definition) is 2. The molecule has 0 amide bonds. The van der Waals surface area contributed by atoms with Crippen molar-refractivity contribution in [1.82, 2.24) is 9.78 Å². The predicted molar refractivity (Wildman–Crippen MR) is 71.3 cm³/mol. The summed E-state index contributed by atoms with van der Waals surface area (Å²) in [7, 11) is 1.72. The second-order valence-electron chi connectivity index (χ2n) is 4.19. The van der Waals surface area contributed by atoms with Gasteiger partial charge in [-0.15, -0.1) is 0 Å².